The van der Waals surface area contributed by atoms with Gasteiger partial charge in [-0.3, -0.25) is 9.98 Å². The van der Waals surface area contributed by atoms with Crippen LogP contribution in [0.15, 0.2) is 23.6 Å². The summed E-state index contributed by atoms with van der Waals surface area (Å²) in [5.74, 6) is 5.81. The number of aromatic nitrogens is 2. The standard InChI is InChI=1S/C8H13N5O/c1-14-5-4-12-8(13-9)7-6-10-2-3-11-7/h2-3,6H,4-5,9H2,1H3,(H,12,13). The zero-order valence-electron chi connectivity index (χ0n) is 7.97. The Kier molecular flexibility index (Phi) is 4.53. The topological polar surface area (TPSA) is 85.4 Å². The van der Waals surface area contributed by atoms with Gasteiger partial charge in [-0.1, -0.05) is 0 Å². The second-order valence-electron chi connectivity index (χ2n) is 2.46. The molecule has 0 unspecified atom stereocenters. The predicted octanol–water partition coefficient (Wildman–Crippen LogP) is -0.667. The number of hydrogen-bond donors (Lipinski definition) is 2. The fourth-order valence-corrected chi connectivity index (χ4v) is 0.871. The van der Waals surface area contributed by atoms with E-state index in [1.807, 2.05) is 0 Å². The number of hydrogen-bond acceptors (Lipinski definition) is 5. The third kappa shape index (κ3) is 3.08. The highest BCUT2D eigenvalue weighted by Gasteiger charge is 2.01. The predicted molar refractivity (Wildman–Crippen MR) is 52.6 cm³/mol. The van der Waals surface area contributed by atoms with Crippen molar-refractivity contribution >= 4 is 5.84 Å². The van der Waals surface area contributed by atoms with Crippen LogP contribution in [-0.4, -0.2) is 36.1 Å². The summed E-state index contributed by atoms with van der Waals surface area (Å²) in [5.41, 5.74) is 3.09. The quantitative estimate of drug-likeness (QED) is 0.219. The first kappa shape index (κ1) is 10.6. The molecular weight excluding hydrogens is 182 g/mol. The van der Waals surface area contributed by atoms with E-state index < -0.39 is 0 Å². The molecule has 0 aromatic carbocycles. The number of amidine groups is 1. The lowest BCUT2D eigenvalue weighted by Crippen LogP contribution is -2.32. The molecule has 76 valence electrons. The molecule has 0 aliphatic heterocycles. The van der Waals surface area contributed by atoms with Gasteiger partial charge in [0.25, 0.3) is 0 Å². The maximum atomic E-state index is 5.30. The van der Waals surface area contributed by atoms with Crippen LogP contribution in [0.5, 0.6) is 0 Å². The number of nitrogens with two attached hydrogens (primary N) is 1. The molecule has 0 fully saturated rings. The van der Waals surface area contributed by atoms with Crippen molar-refractivity contribution in [2.45, 2.75) is 0 Å². The summed E-state index contributed by atoms with van der Waals surface area (Å²) in [5, 5.41) is 0. The molecule has 0 aliphatic rings. The van der Waals surface area contributed by atoms with Crippen LogP contribution < -0.4 is 11.3 Å². The summed E-state index contributed by atoms with van der Waals surface area (Å²) < 4.78 is 4.86. The lowest BCUT2D eigenvalue weighted by molar-refractivity contribution is 0.208. The third-order valence-electron chi connectivity index (χ3n) is 1.51. The van der Waals surface area contributed by atoms with Gasteiger partial charge in [0.2, 0.25) is 0 Å². The summed E-state index contributed by atoms with van der Waals surface area (Å²) in [4.78, 5) is 12.1. The van der Waals surface area contributed by atoms with Crippen molar-refractivity contribution in [2.75, 3.05) is 20.3 Å². The van der Waals surface area contributed by atoms with Gasteiger partial charge >= 0.3 is 0 Å². The van der Waals surface area contributed by atoms with Gasteiger partial charge in [-0.15, -0.1) is 0 Å². The largest absolute Gasteiger partial charge is 0.383 e. The zero-order chi connectivity index (χ0) is 10.2. The van der Waals surface area contributed by atoms with Gasteiger partial charge in [0, 0.05) is 19.5 Å². The first-order chi connectivity index (χ1) is 6.88. The Labute approximate surface area is 82.2 Å². The van der Waals surface area contributed by atoms with E-state index in [1.54, 1.807) is 25.7 Å². The van der Waals surface area contributed by atoms with Crippen LogP contribution in [0.4, 0.5) is 0 Å². The molecule has 0 bridgehead atoms. The van der Waals surface area contributed by atoms with E-state index in [0.717, 1.165) is 0 Å². The van der Waals surface area contributed by atoms with Crippen LogP contribution in [0.3, 0.4) is 0 Å². The number of methoxy groups -OCH3 is 1. The summed E-state index contributed by atoms with van der Waals surface area (Å²) >= 11 is 0. The van der Waals surface area contributed by atoms with Crippen molar-refractivity contribution in [1.82, 2.24) is 15.4 Å². The average Bonchev–Trinajstić information content (AvgIpc) is 2.26. The van der Waals surface area contributed by atoms with Crippen molar-refractivity contribution in [3.8, 4) is 0 Å². The van der Waals surface area contributed by atoms with Crippen LogP contribution in [0, 0.1) is 0 Å². The molecular formula is C8H13N5O. The fourth-order valence-electron chi connectivity index (χ4n) is 0.871. The molecule has 0 saturated carbocycles. The molecule has 0 atom stereocenters. The Bertz CT molecular complexity index is 287. The molecule has 6 heteroatoms. The maximum Gasteiger partial charge on any atom is 0.163 e. The van der Waals surface area contributed by atoms with Gasteiger partial charge in [-0.25, -0.2) is 10.8 Å². The van der Waals surface area contributed by atoms with Crippen LogP contribution in [0.2, 0.25) is 0 Å². The Morgan fingerprint density at radius 2 is 2.50 bits per heavy atom. The molecule has 0 radical (unpaired) electrons. The summed E-state index contributed by atoms with van der Waals surface area (Å²) in [7, 11) is 1.62. The molecule has 1 heterocycles. The third-order valence-corrected chi connectivity index (χ3v) is 1.51. The lowest BCUT2D eigenvalue weighted by Gasteiger charge is -2.03. The monoisotopic (exact) mass is 195 g/mol. The van der Waals surface area contributed by atoms with Crippen molar-refractivity contribution in [2.24, 2.45) is 10.8 Å². The van der Waals surface area contributed by atoms with Gasteiger partial charge in [0.05, 0.1) is 19.3 Å². The number of ether oxygens (including phenoxy) is 1. The fraction of sp³-hybridized carbons (Fsp3) is 0.375. The summed E-state index contributed by atoms with van der Waals surface area (Å²) in [6.07, 6.45) is 4.76. The first-order valence-corrected chi connectivity index (χ1v) is 4.15. The molecule has 0 spiro atoms. The van der Waals surface area contributed by atoms with Gasteiger partial charge in [-0.2, -0.15) is 0 Å². The average molecular weight is 195 g/mol. The zero-order valence-corrected chi connectivity index (χ0v) is 7.97. The van der Waals surface area contributed by atoms with E-state index in [2.05, 4.69) is 20.4 Å². The van der Waals surface area contributed by atoms with E-state index in [1.165, 1.54) is 0 Å². The van der Waals surface area contributed by atoms with Crippen LogP contribution in [-0.2, 0) is 4.74 Å². The Balaban J connectivity index is 2.67. The normalized spacial score (nSPS) is 11.4. The second kappa shape index (κ2) is 6.01. The molecule has 1 aromatic heterocycles. The highest BCUT2D eigenvalue weighted by molar-refractivity contribution is 5.96. The highest BCUT2D eigenvalue weighted by atomic mass is 16.5. The van der Waals surface area contributed by atoms with Gasteiger partial charge in [0.15, 0.2) is 5.84 Å². The van der Waals surface area contributed by atoms with E-state index in [0.29, 0.717) is 24.7 Å². The molecule has 1 aromatic rings. The summed E-state index contributed by atoms with van der Waals surface area (Å²) in [6.45, 7) is 1.08. The van der Waals surface area contributed by atoms with Gasteiger partial charge in [0.1, 0.15) is 5.69 Å². The number of nitrogens with zero attached hydrogens (tertiary/aromatic N) is 3. The van der Waals surface area contributed by atoms with Gasteiger partial charge in [-0.05, 0) is 0 Å². The maximum absolute atomic E-state index is 5.30. The summed E-state index contributed by atoms with van der Waals surface area (Å²) in [6, 6.07) is 0. The van der Waals surface area contributed by atoms with Gasteiger partial charge < -0.3 is 10.2 Å². The molecule has 0 saturated heterocycles. The minimum Gasteiger partial charge on any atom is -0.383 e. The van der Waals surface area contributed by atoms with E-state index in [-0.39, 0.29) is 0 Å². The minimum atomic E-state index is 0.509. The first-order valence-electron chi connectivity index (χ1n) is 4.15. The molecule has 6 nitrogen and oxygen atoms in total. The Morgan fingerprint density at radius 3 is 3.07 bits per heavy atom. The van der Waals surface area contributed by atoms with E-state index in [9.17, 15) is 0 Å². The number of nitrogens with one attached hydrogen (secondary N) is 1. The smallest absolute Gasteiger partial charge is 0.163 e. The minimum absolute atomic E-state index is 0.509. The lowest BCUT2D eigenvalue weighted by atomic mass is 10.4. The molecule has 1 rings (SSSR count). The SMILES string of the molecule is COCCN=C(NN)c1cnccn1. The Hall–Kier alpha value is -1.53. The van der Waals surface area contributed by atoms with Crippen molar-refractivity contribution in [3.63, 3.8) is 0 Å². The van der Waals surface area contributed by atoms with Crippen LogP contribution in [0.25, 0.3) is 0 Å². The molecule has 0 aliphatic carbocycles. The molecule has 3 N–H and O–H groups in total. The number of rotatable bonds is 4. The Morgan fingerprint density at radius 1 is 1.64 bits per heavy atom. The van der Waals surface area contributed by atoms with Crippen LogP contribution >= 0.6 is 0 Å². The second-order valence-corrected chi connectivity index (χ2v) is 2.46. The number of hydrazine groups is 1. The van der Waals surface area contributed by atoms with E-state index >= 15 is 0 Å². The molecule has 14 heavy (non-hydrogen) atoms. The van der Waals surface area contributed by atoms with Crippen molar-refractivity contribution in [1.29, 1.82) is 0 Å². The highest BCUT2D eigenvalue weighted by Crippen LogP contribution is 1.91. The van der Waals surface area contributed by atoms with Crippen LogP contribution in [0.1, 0.15) is 5.69 Å². The van der Waals surface area contributed by atoms with Crippen molar-refractivity contribution in [3.05, 3.63) is 24.3 Å². The van der Waals surface area contributed by atoms with Crippen molar-refractivity contribution < 1.29 is 4.74 Å². The van der Waals surface area contributed by atoms with E-state index in [4.69, 9.17) is 10.6 Å². The molecule has 0 amide bonds. The number of aliphatic imine (C=N–C) groups is 1.